The van der Waals surface area contributed by atoms with Gasteiger partial charge in [0.15, 0.2) is 5.76 Å². The van der Waals surface area contributed by atoms with Gasteiger partial charge < -0.3 is 14.6 Å². The predicted molar refractivity (Wildman–Crippen MR) is 103 cm³/mol. The van der Waals surface area contributed by atoms with Gasteiger partial charge in [0, 0.05) is 26.2 Å². The van der Waals surface area contributed by atoms with Crippen LogP contribution in [0.15, 0.2) is 46.9 Å². The van der Waals surface area contributed by atoms with E-state index in [-0.39, 0.29) is 11.9 Å². The number of rotatable bonds is 7. The standard InChI is InChI=1S/C21H29N3O2/c1-3-7-19(17-8-5-4-6-9-17)22-21(25)20-11-10-18(26-20)16-24-14-12-23(2)13-15-24/h4-6,8-11,19H,3,7,12-16H2,1-2H3,(H,22,25)/t19-/m1/s1. The molecule has 0 unspecified atom stereocenters. The topological polar surface area (TPSA) is 48.7 Å². The molecule has 1 aromatic carbocycles. The molecule has 1 N–H and O–H groups in total. The molecule has 0 saturated carbocycles. The van der Waals surface area contributed by atoms with Gasteiger partial charge in [0.05, 0.1) is 12.6 Å². The first-order chi connectivity index (χ1) is 12.7. The van der Waals surface area contributed by atoms with Gasteiger partial charge in [-0.1, -0.05) is 43.7 Å². The molecule has 1 aliphatic heterocycles. The highest BCUT2D eigenvalue weighted by atomic mass is 16.4. The summed E-state index contributed by atoms with van der Waals surface area (Å²) in [5.41, 5.74) is 1.13. The Hall–Kier alpha value is -2.11. The minimum Gasteiger partial charge on any atom is -0.455 e. The maximum absolute atomic E-state index is 12.6. The zero-order valence-electron chi connectivity index (χ0n) is 15.8. The van der Waals surface area contributed by atoms with Gasteiger partial charge in [0.25, 0.3) is 5.91 Å². The summed E-state index contributed by atoms with van der Waals surface area (Å²) in [5, 5.41) is 3.12. The smallest absolute Gasteiger partial charge is 0.287 e. The lowest BCUT2D eigenvalue weighted by Crippen LogP contribution is -2.43. The summed E-state index contributed by atoms with van der Waals surface area (Å²) >= 11 is 0. The van der Waals surface area contributed by atoms with Gasteiger partial charge in [-0.05, 0) is 31.2 Å². The quantitative estimate of drug-likeness (QED) is 0.828. The van der Waals surface area contributed by atoms with E-state index >= 15 is 0 Å². The Morgan fingerprint density at radius 1 is 1.12 bits per heavy atom. The zero-order chi connectivity index (χ0) is 18.4. The third-order valence-corrected chi connectivity index (χ3v) is 4.95. The summed E-state index contributed by atoms with van der Waals surface area (Å²) in [7, 11) is 2.14. The number of hydrogen-bond acceptors (Lipinski definition) is 4. The van der Waals surface area contributed by atoms with Gasteiger partial charge in [-0.3, -0.25) is 9.69 Å². The lowest BCUT2D eigenvalue weighted by molar-refractivity contribution is 0.0899. The van der Waals surface area contributed by atoms with Crippen LogP contribution in [-0.4, -0.2) is 48.9 Å². The van der Waals surface area contributed by atoms with Crippen molar-refractivity contribution in [2.45, 2.75) is 32.4 Å². The van der Waals surface area contributed by atoms with Crippen LogP contribution >= 0.6 is 0 Å². The van der Waals surface area contributed by atoms with Crippen molar-refractivity contribution in [1.82, 2.24) is 15.1 Å². The minimum absolute atomic E-state index is 0.0138. The van der Waals surface area contributed by atoms with Gasteiger partial charge in [0.2, 0.25) is 0 Å². The second-order valence-corrected chi connectivity index (χ2v) is 7.07. The van der Waals surface area contributed by atoms with Crippen molar-refractivity contribution in [2.24, 2.45) is 0 Å². The lowest BCUT2D eigenvalue weighted by Gasteiger charge is -2.31. The average molecular weight is 355 g/mol. The van der Waals surface area contributed by atoms with Crippen molar-refractivity contribution in [3.63, 3.8) is 0 Å². The maximum atomic E-state index is 12.6. The first-order valence-electron chi connectivity index (χ1n) is 9.51. The summed E-state index contributed by atoms with van der Waals surface area (Å²) in [6.07, 6.45) is 1.91. The molecule has 3 rings (SSSR count). The number of carbonyl (C=O) groups excluding carboxylic acids is 1. The number of nitrogens with one attached hydrogen (secondary N) is 1. The second-order valence-electron chi connectivity index (χ2n) is 7.07. The molecule has 0 bridgehead atoms. The highest BCUT2D eigenvalue weighted by Crippen LogP contribution is 2.20. The SMILES string of the molecule is CCC[C@@H](NC(=O)c1ccc(CN2CCN(C)CC2)o1)c1ccccc1. The van der Waals surface area contributed by atoms with Gasteiger partial charge in [-0.2, -0.15) is 0 Å². The van der Waals surface area contributed by atoms with E-state index < -0.39 is 0 Å². The molecule has 1 saturated heterocycles. The monoisotopic (exact) mass is 355 g/mol. The van der Waals surface area contributed by atoms with Crippen LogP contribution in [0.2, 0.25) is 0 Å². The molecular weight excluding hydrogens is 326 g/mol. The van der Waals surface area contributed by atoms with E-state index in [1.165, 1.54) is 0 Å². The number of benzene rings is 1. The fourth-order valence-corrected chi connectivity index (χ4v) is 3.34. The van der Waals surface area contributed by atoms with Crippen LogP contribution in [-0.2, 0) is 6.54 Å². The maximum Gasteiger partial charge on any atom is 0.287 e. The summed E-state index contributed by atoms with van der Waals surface area (Å²) in [5.74, 6) is 1.11. The molecule has 0 spiro atoms. The predicted octanol–water partition coefficient (Wildman–Crippen LogP) is 3.30. The molecule has 5 nitrogen and oxygen atoms in total. The average Bonchev–Trinajstić information content (AvgIpc) is 3.13. The third kappa shape index (κ3) is 4.96. The van der Waals surface area contributed by atoms with Crippen LogP contribution in [0.25, 0.3) is 0 Å². The van der Waals surface area contributed by atoms with Crippen LogP contribution in [0.3, 0.4) is 0 Å². The number of piperazine rings is 1. The van der Waals surface area contributed by atoms with E-state index in [4.69, 9.17) is 4.42 Å². The Labute approximate surface area is 156 Å². The van der Waals surface area contributed by atoms with Crippen molar-refractivity contribution in [1.29, 1.82) is 0 Å². The molecule has 5 heteroatoms. The van der Waals surface area contributed by atoms with E-state index in [0.29, 0.717) is 5.76 Å². The second kappa shape index (κ2) is 9.01. The molecule has 1 atom stereocenters. The summed E-state index contributed by atoms with van der Waals surface area (Å²) in [6.45, 7) is 7.10. The van der Waals surface area contributed by atoms with Crippen molar-refractivity contribution < 1.29 is 9.21 Å². The molecule has 1 fully saturated rings. The van der Waals surface area contributed by atoms with Gasteiger partial charge in [0.1, 0.15) is 5.76 Å². The summed E-state index contributed by atoms with van der Waals surface area (Å²) in [6, 6.07) is 13.8. The minimum atomic E-state index is -0.142. The number of nitrogens with zero attached hydrogens (tertiary/aromatic N) is 2. The molecule has 140 valence electrons. The number of carbonyl (C=O) groups is 1. The molecular formula is C21H29N3O2. The first-order valence-corrected chi connectivity index (χ1v) is 9.51. The molecule has 1 amide bonds. The number of likely N-dealkylation sites (N-methyl/N-ethyl adjacent to an activating group) is 1. The normalized spacial score (nSPS) is 17.2. The molecule has 26 heavy (non-hydrogen) atoms. The fourth-order valence-electron chi connectivity index (χ4n) is 3.34. The summed E-state index contributed by atoms with van der Waals surface area (Å²) in [4.78, 5) is 17.3. The van der Waals surface area contributed by atoms with E-state index in [9.17, 15) is 4.79 Å². The Morgan fingerprint density at radius 3 is 2.54 bits per heavy atom. The molecule has 2 aromatic rings. The van der Waals surface area contributed by atoms with E-state index in [2.05, 4.69) is 41.2 Å². The fraction of sp³-hybridized carbons (Fsp3) is 0.476. The number of furan rings is 1. The third-order valence-electron chi connectivity index (χ3n) is 4.95. The van der Waals surface area contributed by atoms with E-state index in [1.54, 1.807) is 6.07 Å². The van der Waals surface area contributed by atoms with Gasteiger partial charge in [-0.25, -0.2) is 0 Å². The highest BCUT2D eigenvalue weighted by molar-refractivity contribution is 5.91. The largest absolute Gasteiger partial charge is 0.455 e. The Bertz CT molecular complexity index is 690. The van der Waals surface area contributed by atoms with Crippen molar-refractivity contribution in [3.8, 4) is 0 Å². The van der Waals surface area contributed by atoms with Crippen LogP contribution in [0.4, 0.5) is 0 Å². The summed E-state index contributed by atoms with van der Waals surface area (Å²) < 4.78 is 5.82. The van der Waals surface area contributed by atoms with Gasteiger partial charge in [-0.15, -0.1) is 0 Å². The molecule has 1 aliphatic rings. The molecule has 0 radical (unpaired) electrons. The molecule has 1 aromatic heterocycles. The Balaban J connectivity index is 1.60. The van der Waals surface area contributed by atoms with E-state index in [0.717, 1.165) is 56.9 Å². The van der Waals surface area contributed by atoms with E-state index in [1.807, 2.05) is 24.3 Å². The molecule has 2 heterocycles. The number of hydrogen-bond donors (Lipinski definition) is 1. The Kier molecular flexibility index (Phi) is 6.47. The Morgan fingerprint density at radius 2 is 1.85 bits per heavy atom. The lowest BCUT2D eigenvalue weighted by atomic mass is 10.0. The molecule has 0 aliphatic carbocycles. The van der Waals surface area contributed by atoms with Gasteiger partial charge >= 0.3 is 0 Å². The van der Waals surface area contributed by atoms with Crippen LogP contribution in [0.5, 0.6) is 0 Å². The van der Waals surface area contributed by atoms with Crippen LogP contribution < -0.4 is 5.32 Å². The van der Waals surface area contributed by atoms with Crippen molar-refractivity contribution >= 4 is 5.91 Å². The van der Waals surface area contributed by atoms with Crippen LogP contribution in [0, 0.1) is 0 Å². The zero-order valence-corrected chi connectivity index (χ0v) is 15.8. The van der Waals surface area contributed by atoms with Crippen molar-refractivity contribution in [3.05, 3.63) is 59.5 Å². The highest BCUT2D eigenvalue weighted by Gasteiger charge is 2.19. The first kappa shape index (κ1) is 18.7. The number of amides is 1. The van der Waals surface area contributed by atoms with Crippen LogP contribution in [0.1, 0.15) is 47.7 Å². The van der Waals surface area contributed by atoms with Crippen molar-refractivity contribution in [2.75, 3.05) is 33.2 Å².